The zero-order valence-corrected chi connectivity index (χ0v) is 5.83. The van der Waals surface area contributed by atoms with E-state index in [0.717, 1.165) is 0 Å². The van der Waals surface area contributed by atoms with Crippen LogP contribution in [0.2, 0.25) is 0 Å². The Bertz CT molecular complexity index is 158. The average Bonchev–Trinajstić information content (AvgIpc) is 1.82. The summed E-state index contributed by atoms with van der Waals surface area (Å²) in [4.78, 5) is 10.6. The standard InChI is InChI=1S/C7H10O3/c1-4-5(2)10-7(9)3-6(4)8/h5-6,8H,1,3H2,2H3/t5-,6-/m1/s1. The highest BCUT2D eigenvalue weighted by molar-refractivity contribution is 5.72. The molecule has 0 aromatic heterocycles. The minimum Gasteiger partial charge on any atom is -0.458 e. The molecule has 0 radical (unpaired) electrons. The van der Waals surface area contributed by atoms with Crippen molar-refractivity contribution in [3.8, 4) is 0 Å². The topological polar surface area (TPSA) is 46.5 Å². The maximum Gasteiger partial charge on any atom is 0.309 e. The summed E-state index contributed by atoms with van der Waals surface area (Å²) in [7, 11) is 0. The molecule has 2 atom stereocenters. The Morgan fingerprint density at radius 1 is 1.80 bits per heavy atom. The average molecular weight is 142 g/mol. The molecular formula is C7H10O3. The first-order valence-corrected chi connectivity index (χ1v) is 3.17. The Hall–Kier alpha value is -0.830. The van der Waals surface area contributed by atoms with Crippen molar-refractivity contribution in [1.29, 1.82) is 0 Å². The fourth-order valence-corrected chi connectivity index (χ4v) is 0.881. The van der Waals surface area contributed by atoms with Gasteiger partial charge in [0, 0.05) is 0 Å². The fourth-order valence-electron chi connectivity index (χ4n) is 0.881. The van der Waals surface area contributed by atoms with Crippen LogP contribution in [-0.2, 0) is 9.53 Å². The van der Waals surface area contributed by atoms with Crippen molar-refractivity contribution in [3.63, 3.8) is 0 Å². The van der Waals surface area contributed by atoms with Crippen LogP contribution in [0.1, 0.15) is 13.3 Å². The molecule has 0 aliphatic carbocycles. The molecule has 1 heterocycles. The first-order chi connectivity index (χ1) is 4.61. The van der Waals surface area contributed by atoms with Crippen molar-refractivity contribution in [3.05, 3.63) is 12.2 Å². The number of esters is 1. The van der Waals surface area contributed by atoms with Crippen LogP contribution in [0, 0.1) is 0 Å². The van der Waals surface area contributed by atoms with Gasteiger partial charge in [-0.15, -0.1) is 0 Å². The van der Waals surface area contributed by atoms with Gasteiger partial charge in [0.25, 0.3) is 0 Å². The maximum absolute atomic E-state index is 10.6. The molecule has 0 saturated carbocycles. The van der Waals surface area contributed by atoms with Crippen molar-refractivity contribution in [2.75, 3.05) is 0 Å². The molecular weight excluding hydrogens is 132 g/mol. The van der Waals surface area contributed by atoms with Gasteiger partial charge < -0.3 is 9.84 Å². The Balaban J connectivity index is 2.66. The van der Waals surface area contributed by atoms with E-state index in [-0.39, 0.29) is 18.5 Å². The van der Waals surface area contributed by atoms with Crippen LogP contribution >= 0.6 is 0 Å². The highest BCUT2D eigenvalue weighted by Gasteiger charge is 2.27. The number of hydrogen-bond acceptors (Lipinski definition) is 3. The molecule has 1 fully saturated rings. The molecule has 0 amide bonds. The first kappa shape index (κ1) is 7.28. The van der Waals surface area contributed by atoms with E-state index in [9.17, 15) is 4.79 Å². The molecule has 0 aromatic carbocycles. The van der Waals surface area contributed by atoms with Gasteiger partial charge in [0.2, 0.25) is 0 Å². The minimum atomic E-state index is -0.712. The minimum absolute atomic E-state index is 0.0448. The molecule has 1 aliphatic rings. The molecule has 3 nitrogen and oxygen atoms in total. The number of hydrogen-bond donors (Lipinski definition) is 1. The van der Waals surface area contributed by atoms with Crippen molar-refractivity contribution in [2.45, 2.75) is 25.6 Å². The van der Waals surface area contributed by atoms with Crippen molar-refractivity contribution in [2.24, 2.45) is 0 Å². The third-order valence-corrected chi connectivity index (χ3v) is 1.62. The molecule has 10 heavy (non-hydrogen) atoms. The van der Waals surface area contributed by atoms with Crippen LogP contribution in [0.25, 0.3) is 0 Å². The number of carbonyl (C=O) groups excluding carboxylic acids is 1. The lowest BCUT2D eigenvalue weighted by Crippen LogP contribution is -2.32. The summed E-state index contributed by atoms with van der Waals surface area (Å²) in [6, 6.07) is 0. The smallest absolute Gasteiger partial charge is 0.309 e. The number of aliphatic hydroxyl groups excluding tert-OH is 1. The highest BCUT2D eigenvalue weighted by Crippen LogP contribution is 2.18. The van der Waals surface area contributed by atoms with E-state index in [1.165, 1.54) is 0 Å². The highest BCUT2D eigenvalue weighted by atomic mass is 16.5. The molecule has 1 saturated heterocycles. The Morgan fingerprint density at radius 3 is 2.90 bits per heavy atom. The van der Waals surface area contributed by atoms with Gasteiger partial charge in [-0.3, -0.25) is 4.79 Å². The molecule has 0 spiro atoms. The van der Waals surface area contributed by atoms with Gasteiger partial charge in [0.15, 0.2) is 0 Å². The lowest BCUT2D eigenvalue weighted by atomic mass is 10.0. The van der Waals surface area contributed by atoms with Gasteiger partial charge in [-0.25, -0.2) is 0 Å². The molecule has 0 aromatic rings. The van der Waals surface area contributed by atoms with Crippen LogP contribution in [0.4, 0.5) is 0 Å². The lowest BCUT2D eigenvalue weighted by Gasteiger charge is -2.25. The van der Waals surface area contributed by atoms with E-state index in [4.69, 9.17) is 9.84 Å². The normalized spacial score (nSPS) is 33.8. The summed E-state index contributed by atoms with van der Waals surface area (Å²) in [5.74, 6) is -0.354. The predicted molar refractivity (Wildman–Crippen MR) is 35.3 cm³/mol. The largest absolute Gasteiger partial charge is 0.458 e. The second-order valence-electron chi connectivity index (χ2n) is 2.43. The van der Waals surface area contributed by atoms with Gasteiger partial charge >= 0.3 is 5.97 Å². The van der Waals surface area contributed by atoms with Crippen molar-refractivity contribution in [1.82, 2.24) is 0 Å². The van der Waals surface area contributed by atoms with E-state index in [0.29, 0.717) is 5.57 Å². The summed E-state index contributed by atoms with van der Waals surface area (Å²) in [6.45, 7) is 5.28. The number of rotatable bonds is 0. The molecule has 0 bridgehead atoms. The summed E-state index contributed by atoms with van der Waals surface area (Å²) >= 11 is 0. The zero-order valence-electron chi connectivity index (χ0n) is 5.83. The van der Waals surface area contributed by atoms with Crippen molar-refractivity contribution < 1.29 is 14.6 Å². The summed E-state index contributed by atoms with van der Waals surface area (Å²) in [6.07, 6.45) is -1.00. The van der Waals surface area contributed by atoms with Crippen LogP contribution in [0.5, 0.6) is 0 Å². The number of carbonyl (C=O) groups is 1. The number of aliphatic hydroxyl groups is 1. The molecule has 56 valence electrons. The molecule has 1 aliphatic heterocycles. The van der Waals surface area contributed by atoms with Gasteiger partial charge in [0.05, 0.1) is 12.5 Å². The third-order valence-electron chi connectivity index (χ3n) is 1.62. The molecule has 1 N–H and O–H groups in total. The monoisotopic (exact) mass is 142 g/mol. The fraction of sp³-hybridized carbons (Fsp3) is 0.571. The molecule has 1 rings (SSSR count). The number of ether oxygens (including phenoxy) is 1. The Labute approximate surface area is 59.3 Å². The summed E-state index contributed by atoms with van der Waals surface area (Å²) in [5, 5.41) is 9.12. The van der Waals surface area contributed by atoms with E-state index in [1.54, 1.807) is 6.92 Å². The summed E-state index contributed by atoms with van der Waals surface area (Å²) < 4.78 is 4.77. The molecule has 3 heteroatoms. The zero-order chi connectivity index (χ0) is 7.72. The predicted octanol–water partition coefficient (Wildman–Crippen LogP) is 0.239. The molecule has 0 unspecified atom stereocenters. The second-order valence-corrected chi connectivity index (χ2v) is 2.43. The van der Waals surface area contributed by atoms with Crippen LogP contribution < -0.4 is 0 Å². The van der Waals surface area contributed by atoms with Crippen LogP contribution in [0.15, 0.2) is 12.2 Å². The van der Waals surface area contributed by atoms with E-state index in [2.05, 4.69) is 6.58 Å². The quantitative estimate of drug-likeness (QED) is 0.389. The van der Waals surface area contributed by atoms with Gasteiger partial charge in [0.1, 0.15) is 6.10 Å². The SMILES string of the molecule is C=C1[C@H](O)CC(=O)O[C@@H]1C. The Morgan fingerprint density at radius 2 is 2.40 bits per heavy atom. The van der Waals surface area contributed by atoms with Crippen molar-refractivity contribution >= 4 is 5.97 Å². The van der Waals surface area contributed by atoms with Crippen LogP contribution in [-0.4, -0.2) is 23.3 Å². The Kier molecular flexibility index (Phi) is 1.76. The van der Waals surface area contributed by atoms with E-state index in [1.807, 2.05) is 0 Å². The third kappa shape index (κ3) is 1.19. The van der Waals surface area contributed by atoms with E-state index < -0.39 is 6.10 Å². The first-order valence-electron chi connectivity index (χ1n) is 3.17. The lowest BCUT2D eigenvalue weighted by molar-refractivity contribution is -0.152. The van der Waals surface area contributed by atoms with Gasteiger partial charge in [-0.1, -0.05) is 6.58 Å². The number of cyclic esters (lactones) is 1. The second kappa shape index (κ2) is 2.42. The summed E-state index contributed by atoms with van der Waals surface area (Å²) in [5.41, 5.74) is 0.583. The van der Waals surface area contributed by atoms with Gasteiger partial charge in [-0.05, 0) is 12.5 Å². The van der Waals surface area contributed by atoms with Gasteiger partial charge in [-0.2, -0.15) is 0 Å². The van der Waals surface area contributed by atoms with Crippen LogP contribution in [0.3, 0.4) is 0 Å². The maximum atomic E-state index is 10.6. The van der Waals surface area contributed by atoms with E-state index >= 15 is 0 Å².